The van der Waals surface area contributed by atoms with Gasteiger partial charge in [0, 0.05) is 5.56 Å². The predicted octanol–water partition coefficient (Wildman–Crippen LogP) is 2.75. The predicted molar refractivity (Wildman–Crippen MR) is 88.9 cm³/mol. The Balaban J connectivity index is 1.72. The minimum Gasteiger partial charge on any atom is -0.497 e. The van der Waals surface area contributed by atoms with E-state index in [2.05, 4.69) is 0 Å². The second-order valence-electron chi connectivity index (χ2n) is 6.07. The average molecular weight is 325 g/mol. The van der Waals surface area contributed by atoms with Gasteiger partial charge in [0.1, 0.15) is 5.75 Å². The van der Waals surface area contributed by atoms with E-state index in [1.165, 1.54) is 0 Å². The first-order valence-corrected chi connectivity index (χ1v) is 7.98. The van der Waals surface area contributed by atoms with E-state index in [9.17, 15) is 4.79 Å². The second kappa shape index (κ2) is 5.61. The molecule has 1 saturated heterocycles. The summed E-state index contributed by atoms with van der Waals surface area (Å²) in [6, 6.07) is 13.6. The molecule has 0 radical (unpaired) electrons. The smallest absolute Gasteiger partial charge is 0.292 e. The molecule has 5 nitrogen and oxygen atoms in total. The third-order valence-corrected chi connectivity index (χ3v) is 4.52. The summed E-state index contributed by atoms with van der Waals surface area (Å²) in [5.41, 5.74) is 3.75. The van der Waals surface area contributed by atoms with Crippen LogP contribution in [0.3, 0.4) is 0 Å². The molecule has 24 heavy (non-hydrogen) atoms. The number of hydrogen-bond acceptors (Lipinski definition) is 4. The summed E-state index contributed by atoms with van der Waals surface area (Å²) in [6.07, 6.45) is 0. The lowest BCUT2D eigenvalue weighted by Gasteiger charge is -2.22. The zero-order chi connectivity index (χ0) is 16.7. The number of carbonyl (C=O) groups excluding carboxylic acids is 1. The van der Waals surface area contributed by atoms with Gasteiger partial charge in [-0.1, -0.05) is 23.8 Å². The fraction of sp³-hybridized carbons (Fsp3) is 0.316. The Labute approximate surface area is 140 Å². The van der Waals surface area contributed by atoms with E-state index < -0.39 is 5.79 Å². The second-order valence-corrected chi connectivity index (χ2v) is 6.07. The van der Waals surface area contributed by atoms with E-state index in [-0.39, 0.29) is 5.91 Å². The van der Waals surface area contributed by atoms with Crippen molar-refractivity contribution in [1.82, 2.24) is 0 Å². The van der Waals surface area contributed by atoms with Gasteiger partial charge in [0.05, 0.1) is 32.6 Å². The van der Waals surface area contributed by atoms with Crippen LogP contribution in [-0.2, 0) is 26.6 Å². The molecule has 2 heterocycles. The molecule has 0 bridgehead atoms. The van der Waals surface area contributed by atoms with Gasteiger partial charge in [-0.25, -0.2) is 0 Å². The van der Waals surface area contributed by atoms with Gasteiger partial charge in [-0.15, -0.1) is 0 Å². The van der Waals surface area contributed by atoms with Crippen LogP contribution in [-0.4, -0.2) is 26.2 Å². The Morgan fingerprint density at radius 2 is 1.83 bits per heavy atom. The molecule has 2 aromatic carbocycles. The van der Waals surface area contributed by atoms with E-state index in [4.69, 9.17) is 14.2 Å². The van der Waals surface area contributed by atoms with Crippen LogP contribution in [0.4, 0.5) is 5.69 Å². The molecule has 1 fully saturated rings. The molecular formula is C19H19NO4. The number of fused-ring (bicyclic) bond motifs is 2. The van der Waals surface area contributed by atoms with E-state index in [0.29, 0.717) is 19.8 Å². The molecule has 2 aliphatic rings. The molecule has 0 unspecified atom stereocenters. The van der Waals surface area contributed by atoms with Crippen molar-refractivity contribution >= 4 is 11.6 Å². The van der Waals surface area contributed by atoms with Gasteiger partial charge in [0.15, 0.2) is 0 Å². The van der Waals surface area contributed by atoms with Gasteiger partial charge in [-0.05, 0) is 36.8 Å². The molecule has 1 spiro atoms. The highest BCUT2D eigenvalue weighted by Crippen LogP contribution is 2.46. The van der Waals surface area contributed by atoms with Crippen molar-refractivity contribution < 1.29 is 19.0 Å². The van der Waals surface area contributed by atoms with Gasteiger partial charge in [0.2, 0.25) is 0 Å². The Morgan fingerprint density at radius 1 is 1.12 bits per heavy atom. The van der Waals surface area contributed by atoms with Gasteiger partial charge in [-0.3, -0.25) is 4.79 Å². The number of methoxy groups -OCH3 is 1. The molecule has 0 N–H and O–H groups in total. The van der Waals surface area contributed by atoms with Crippen LogP contribution in [0.15, 0.2) is 42.5 Å². The Morgan fingerprint density at radius 3 is 2.50 bits per heavy atom. The van der Waals surface area contributed by atoms with Crippen molar-refractivity contribution in [2.24, 2.45) is 0 Å². The highest BCUT2D eigenvalue weighted by molar-refractivity contribution is 6.06. The lowest BCUT2D eigenvalue weighted by molar-refractivity contribution is -0.180. The summed E-state index contributed by atoms with van der Waals surface area (Å²) in [5.74, 6) is -0.633. The number of benzene rings is 2. The molecule has 1 amide bonds. The standard InChI is InChI=1S/C19H19NO4/c1-13-3-8-17-16(11-13)19(23-9-10-24-19)18(21)20(17)12-14-4-6-15(22-2)7-5-14/h3-8,11H,9-10,12H2,1-2H3. The van der Waals surface area contributed by atoms with Crippen LogP contribution in [0, 0.1) is 6.92 Å². The third kappa shape index (κ3) is 2.20. The molecular weight excluding hydrogens is 306 g/mol. The lowest BCUT2D eigenvalue weighted by atomic mass is 10.0. The minimum atomic E-state index is -1.27. The zero-order valence-corrected chi connectivity index (χ0v) is 13.7. The Kier molecular flexibility index (Phi) is 3.55. The normalized spacial score (nSPS) is 18.2. The first kappa shape index (κ1) is 15.2. The number of carbonyl (C=O) groups is 1. The number of nitrogens with zero attached hydrogens (tertiary/aromatic N) is 1. The summed E-state index contributed by atoms with van der Waals surface area (Å²) in [7, 11) is 1.64. The van der Waals surface area contributed by atoms with Crippen LogP contribution >= 0.6 is 0 Å². The first-order valence-electron chi connectivity index (χ1n) is 7.98. The maximum Gasteiger partial charge on any atom is 0.292 e. The van der Waals surface area contributed by atoms with Crippen molar-refractivity contribution in [3.05, 3.63) is 59.2 Å². The van der Waals surface area contributed by atoms with Crippen molar-refractivity contribution in [2.45, 2.75) is 19.3 Å². The SMILES string of the molecule is COc1ccc(CN2C(=O)C3(OCCO3)c3cc(C)ccc32)cc1. The van der Waals surface area contributed by atoms with Crippen molar-refractivity contribution in [3.8, 4) is 5.75 Å². The van der Waals surface area contributed by atoms with Crippen LogP contribution in [0.2, 0.25) is 0 Å². The summed E-state index contributed by atoms with van der Waals surface area (Å²) in [5, 5.41) is 0. The Bertz CT molecular complexity index is 778. The molecule has 2 aromatic rings. The summed E-state index contributed by atoms with van der Waals surface area (Å²) in [4.78, 5) is 14.8. The maximum absolute atomic E-state index is 13.1. The van der Waals surface area contributed by atoms with E-state index in [1.807, 2.05) is 49.4 Å². The molecule has 0 aromatic heterocycles. The molecule has 0 saturated carbocycles. The monoisotopic (exact) mass is 325 g/mol. The van der Waals surface area contributed by atoms with Crippen molar-refractivity contribution in [1.29, 1.82) is 0 Å². The first-order chi connectivity index (χ1) is 11.6. The van der Waals surface area contributed by atoms with Gasteiger partial charge < -0.3 is 19.1 Å². The fourth-order valence-electron chi connectivity index (χ4n) is 3.31. The van der Waals surface area contributed by atoms with Gasteiger partial charge in [0.25, 0.3) is 11.7 Å². The highest BCUT2D eigenvalue weighted by Gasteiger charge is 2.55. The molecule has 5 heteroatoms. The van der Waals surface area contributed by atoms with Crippen LogP contribution in [0.25, 0.3) is 0 Å². The van der Waals surface area contributed by atoms with Gasteiger partial charge in [-0.2, -0.15) is 0 Å². The molecule has 0 aliphatic carbocycles. The minimum absolute atomic E-state index is 0.156. The largest absolute Gasteiger partial charge is 0.497 e. The number of ether oxygens (including phenoxy) is 3. The third-order valence-electron chi connectivity index (χ3n) is 4.52. The zero-order valence-electron chi connectivity index (χ0n) is 13.7. The number of rotatable bonds is 3. The molecule has 0 atom stereocenters. The van der Waals surface area contributed by atoms with Crippen molar-refractivity contribution in [3.63, 3.8) is 0 Å². The average Bonchev–Trinajstić information content (AvgIpc) is 3.17. The van der Waals surface area contributed by atoms with Gasteiger partial charge >= 0.3 is 0 Å². The lowest BCUT2D eigenvalue weighted by Crippen LogP contribution is -2.40. The van der Waals surface area contributed by atoms with E-state index in [0.717, 1.165) is 28.1 Å². The fourth-order valence-corrected chi connectivity index (χ4v) is 3.31. The highest BCUT2D eigenvalue weighted by atomic mass is 16.7. The maximum atomic E-state index is 13.1. The summed E-state index contributed by atoms with van der Waals surface area (Å²) >= 11 is 0. The number of hydrogen-bond donors (Lipinski definition) is 0. The number of anilines is 1. The van der Waals surface area contributed by atoms with E-state index in [1.54, 1.807) is 12.0 Å². The van der Waals surface area contributed by atoms with Crippen LogP contribution in [0.5, 0.6) is 5.75 Å². The molecule has 4 rings (SSSR count). The van der Waals surface area contributed by atoms with Crippen molar-refractivity contribution in [2.75, 3.05) is 25.2 Å². The molecule has 124 valence electrons. The van der Waals surface area contributed by atoms with Crippen LogP contribution in [0.1, 0.15) is 16.7 Å². The topological polar surface area (TPSA) is 48.0 Å². The number of amides is 1. The molecule has 2 aliphatic heterocycles. The quantitative estimate of drug-likeness (QED) is 0.871. The van der Waals surface area contributed by atoms with Crippen LogP contribution < -0.4 is 9.64 Å². The Hall–Kier alpha value is -2.37. The number of aryl methyl sites for hydroxylation is 1. The van der Waals surface area contributed by atoms with E-state index >= 15 is 0 Å². The summed E-state index contributed by atoms with van der Waals surface area (Å²) in [6.45, 7) is 3.32. The summed E-state index contributed by atoms with van der Waals surface area (Å²) < 4.78 is 16.7.